The molecule has 7 nitrogen and oxygen atoms in total. The van der Waals surface area contributed by atoms with Crippen molar-refractivity contribution < 1.29 is 4.79 Å². The van der Waals surface area contributed by atoms with Gasteiger partial charge in [-0.25, -0.2) is 4.79 Å². The van der Waals surface area contributed by atoms with E-state index >= 15 is 0 Å². The Balaban J connectivity index is 1.43. The third-order valence-electron chi connectivity index (χ3n) is 6.36. The first kappa shape index (κ1) is 20.4. The lowest BCUT2D eigenvalue weighted by Gasteiger charge is -2.38. The van der Waals surface area contributed by atoms with Gasteiger partial charge in [0.05, 0.1) is 11.0 Å². The Hall–Kier alpha value is -1.83. The van der Waals surface area contributed by atoms with E-state index in [-0.39, 0.29) is 11.6 Å². The zero-order chi connectivity index (χ0) is 20.5. The number of amides is 1. The molecule has 1 aromatic heterocycles. The summed E-state index contributed by atoms with van der Waals surface area (Å²) in [4.78, 5) is 35.5. The average Bonchev–Trinajstić information content (AvgIpc) is 3.32. The molecule has 158 valence electrons. The van der Waals surface area contributed by atoms with Crippen LogP contribution in [0.3, 0.4) is 0 Å². The third-order valence-corrected chi connectivity index (χ3v) is 6.60. The fraction of sp³-hybridized carbons (Fsp3) is 0.619. The highest BCUT2D eigenvalue weighted by molar-refractivity contribution is 6.31. The number of likely N-dealkylation sites (tertiary alicyclic amines) is 1. The largest absolute Gasteiger partial charge is 0.339 e. The van der Waals surface area contributed by atoms with Crippen LogP contribution in [0.25, 0.3) is 11.0 Å². The van der Waals surface area contributed by atoms with Gasteiger partial charge in [0.1, 0.15) is 6.04 Å². The monoisotopic (exact) mass is 419 g/mol. The number of nitrogens with one attached hydrogen (secondary N) is 1. The first-order chi connectivity index (χ1) is 14.0. The lowest BCUT2D eigenvalue weighted by molar-refractivity contribution is -0.133. The van der Waals surface area contributed by atoms with Crippen molar-refractivity contribution in [2.24, 2.45) is 0 Å². The van der Waals surface area contributed by atoms with E-state index in [0.717, 1.165) is 45.7 Å². The number of carbonyl (C=O) groups excluding carboxylic acids is 1. The molecule has 2 atom stereocenters. The fourth-order valence-electron chi connectivity index (χ4n) is 4.76. The average molecular weight is 420 g/mol. The number of benzene rings is 1. The zero-order valence-corrected chi connectivity index (χ0v) is 18.0. The quantitative estimate of drug-likeness (QED) is 0.806. The number of piperazine rings is 1. The predicted octanol–water partition coefficient (Wildman–Crippen LogP) is 2.17. The highest BCUT2D eigenvalue weighted by Gasteiger charge is 2.34. The highest BCUT2D eigenvalue weighted by atomic mass is 35.5. The number of imidazole rings is 1. The van der Waals surface area contributed by atoms with Gasteiger partial charge in [-0.1, -0.05) is 18.5 Å². The SMILES string of the molecule is CCCN1CCN(C2CCN(C(=O)C(C)n3c(=O)[nH]c4ccc(Cl)cc43)C2)CC1. The molecule has 2 aliphatic heterocycles. The number of H-pyrrole nitrogens is 1. The maximum Gasteiger partial charge on any atom is 0.327 e. The Kier molecular flexibility index (Phi) is 5.99. The molecular weight excluding hydrogens is 390 g/mol. The Labute approximate surface area is 176 Å². The van der Waals surface area contributed by atoms with Gasteiger partial charge in [0.2, 0.25) is 5.91 Å². The molecule has 1 N–H and O–H groups in total. The number of halogens is 1. The minimum absolute atomic E-state index is 0.0000875. The summed E-state index contributed by atoms with van der Waals surface area (Å²) in [5.74, 6) is 0.0000875. The second-order valence-corrected chi connectivity index (χ2v) is 8.68. The van der Waals surface area contributed by atoms with Crippen molar-refractivity contribution in [1.82, 2.24) is 24.3 Å². The minimum Gasteiger partial charge on any atom is -0.339 e. The molecule has 0 aliphatic carbocycles. The van der Waals surface area contributed by atoms with Crippen molar-refractivity contribution in [3.63, 3.8) is 0 Å². The summed E-state index contributed by atoms with van der Waals surface area (Å²) in [5.41, 5.74) is 1.10. The van der Waals surface area contributed by atoms with Gasteiger partial charge < -0.3 is 14.8 Å². The van der Waals surface area contributed by atoms with Crippen LogP contribution in [-0.4, -0.2) is 82.0 Å². The van der Waals surface area contributed by atoms with Crippen LogP contribution in [0.1, 0.15) is 32.7 Å². The molecule has 0 spiro atoms. The Morgan fingerprint density at radius 2 is 2.00 bits per heavy atom. The van der Waals surface area contributed by atoms with E-state index in [4.69, 9.17) is 11.6 Å². The van der Waals surface area contributed by atoms with Crippen LogP contribution in [0.15, 0.2) is 23.0 Å². The van der Waals surface area contributed by atoms with E-state index in [1.807, 2.05) is 4.90 Å². The highest BCUT2D eigenvalue weighted by Crippen LogP contribution is 2.24. The van der Waals surface area contributed by atoms with Crippen LogP contribution in [-0.2, 0) is 4.79 Å². The number of aromatic nitrogens is 2. The molecule has 2 aliphatic rings. The molecule has 0 radical (unpaired) electrons. The molecule has 0 bridgehead atoms. The summed E-state index contributed by atoms with van der Waals surface area (Å²) < 4.78 is 1.53. The number of nitrogens with zero attached hydrogens (tertiary/aromatic N) is 4. The van der Waals surface area contributed by atoms with Crippen LogP contribution < -0.4 is 5.69 Å². The number of rotatable bonds is 5. The van der Waals surface area contributed by atoms with Crippen molar-refractivity contribution in [1.29, 1.82) is 0 Å². The number of hydrogen-bond acceptors (Lipinski definition) is 4. The first-order valence-corrected chi connectivity index (χ1v) is 11.0. The molecule has 3 heterocycles. The number of hydrogen-bond donors (Lipinski definition) is 1. The van der Waals surface area contributed by atoms with Gasteiger partial charge in [0.15, 0.2) is 0 Å². The standard InChI is InChI=1S/C21H30ClN5O2/c1-3-7-24-9-11-25(12-10-24)17-6-8-26(14-17)20(28)15(2)27-19-13-16(22)4-5-18(19)23-21(27)29/h4-5,13,15,17H,3,6-12,14H2,1-2H3,(H,23,29). The molecule has 1 aromatic carbocycles. The van der Waals surface area contributed by atoms with E-state index in [2.05, 4.69) is 21.7 Å². The summed E-state index contributed by atoms with van der Waals surface area (Å²) in [6, 6.07) is 5.11. The zero-order valence-electron chi connectivity index (χ0n) is 17.2. The van der Waals surface area contributed by atoms with Gasteiger partial charge in [-0.2, -0.15) is 0 Å². The van der Waals surface area contributed by atoms with Gasteiger partial charge in [-0.3, -0.25) is 14.3 Å². The third kappa shape index (κ3) is 4.09. The second-order valence-electron chi connectivity index (χ2n) is 8.24. The lowest BCUT2D eigenvalue weighted by atomic mass is 10.2. The van der Waals surface area contributed by atoms with E-state index in [1.165, 1.54) is 17.5 Å². The number of carbonyl (C=O) groups is 1. The molecular formula is C21H30ClN5O2. The summed E-state index contributed by atoms with van der Waals surface area (Å²) in [6.45, 7) is 11.1. The molecule has 4 rings (SSSR count). The Morgan fingerprint density at radius 1 is 1.24 bits per heavy atom. The summed E-state index contributed by atoms with van der Waals surface area (Å²) in [6.07, 6.45) is 2.20. The molecule has 8 heteroatoms. The lowest BCUT2D eigenvalue weighted by Crippen LogP contribution is -2.51. The summed E-state index contributed by atoms with van der Waals surface area (Å²) in [5, 5.41) is 0.549. The first-order valence-electron chi connectivity index (χ1n) is 10.6. The molecule has 2 aromatic rings. The van der Waals surface area contributed by atoms with Crippen molar-refractivity contribution in [3.8, 4) is 0 Å². The van der Waals surface area contributed by atoms with Gasteiger partial charge in [-0.05, 0) is 44.5 Å². The minimum atomic E-state index is -0.560. The molecule has 1 amide bonds. The Morgan fingerprint density at radius 3 is 2.72 bits per heavy atom. The van der Waals surface area contributed by atoms with E-state index in [1.54, 1.807) is 25.1 Å². The molecule has 29 heavy (non-hydrogen) atoms. The topological polar surface area (TPSA) is 64.6 Å². The maximum atomic E-state index is 13.2. The molecule has 2 unspecified atom stereocenters. The normalized spacial score (nSPS) is 22.4. The van der Waals surface area contributed by atoms with Crippen molar-refractivity contribution >= 4 is 28.5 Å². The summed E-state index contributed by atoms with van der Waals surface area (Å²) in [7, 11) is 0. The fourth-order valence-corrected chi connectivity index (χ4v) is 4.93. The number of fused-ring (bicyclic) bond motifs is 1. The Bertz CT molecular complexity index is 931. The van der Waals surface area contributed by atoms with Crippen LogP contribution >= 0.6 is 11.6 Å². The van der Waals surface area contributed by atoms with E-state index in [9.17, 15) is 9.59 Å². The molecule has 2 fully saturated rings. The van der Waals surface area contributed by atoms with Crippen LogP contribution in [0.5, 0.6) is 0 Å². The van der Waals surface area contributed by atoms with Gasteiger partial charge in [-0.15, -0.1) is 0 Å². The predicted molar refractivity (Wildman–Crippen MR) is 116 cm³/mol. The molecule has 0 saturated carbocycles. The summed E-state index contributed by atoms with van der Waals surface area (Å²) >= 11 is 6.11. The number of aromatic amines is 1. The maximum absolute atomic E-state index is 13.2. The second kappa shape index (κ2) is 8.50. The van der Waals surface area contributed by atoms with Crippen molar-refractivity contribution in [2.75, 3.05) is 45.8 Å². The van der Waals surface area contributed by atoms with Crippen LogP contribution in [0, 0.1) is 0 Å². The van der Waals surface area contributed by atoms with Gasteiger partial charge in [0.25, 0.3) is 0 Å². The van der Waals surface area contributed by atoms with Crippen LogP contribution in [0.2, 0.25) is 5.02 Å². The smallest absolute Gasteiger partial charge is 0.327 e. The van der Waals surface area contributed by atoms with Gasteiger partial charge >= 0.3 is 5.69 Å². The van der Waals surface area contributed by atoms with E-state index in [0.29, 0.717) is 22.1 Å². The van der Waals surface area contributed by atoms with Crippen molar-refractivity contribution in [3.05, 3.63) is 33.7 Å². The van der Waals surface area contributed by atoms with Gasteiger partial charge in [0, 0.05) is 50.3 Å². The van der Waals surface area contributed by atoms with Crippen LogP contribution in [0.4, 0.5) is 0 Å². The van der Waals surface area contributed by atoms with E-state index < -0.39 is 6.04 Å². The van der Waals surface area contributed by atoms with Crippen molar-refractivity contribution in [2.45, 2.75) is 38.8 Å². The molecule has 2 saturated heterocycles.